The van der Waals surface area contributed by atoms with E-state index in [9.17, 15) is 22.8 Å². The van der Waals surface area contributed by atoms with Crippen molar-refractivity contribution in [2.24, 2.45) is 5.92 Å². The molecule has 13 nitrogen and oxygen atoms in total. The van der Waals surface area contributed by atoms with Crippen molar-refractivity contribution in [3.8, 4) is 22.2 Å². The van der Waals surface area contributed by atoms with Gasteiger partial charge in [-0.2, -0.15) is 0 Å². The van der Waals surface area contributed by atoms with Crippen LogP contribution in [0.4, 0.5) is 4.79 Å². The molecule has 2 aliphatic carbocycles. The standard InChI is InChI=1S/C36H43ClN6O7S2/c1-20(2)26-19-51-32(39-26)25-16-29(24-12-13-28(49-4)30(37)31(24)38-25)50-22-15-27-33(44)42(3)14-8-6-5-7-9-21-17-36(21,40-35(46)43(27)18-22)34(45)41-52(47,48)23-10-11-23/h7,9,12-13,16,19-23,27H,5-6,8,10-11,14-15,17-18H2,1-4H3,(H,40,46)(H,41,45)/t21-,22+,27+,36-/m1/s1. The number of urea groups is 1. The fourth-order valence-corrected chi connectivity index (χ4v) is 9.51. The zero-order valence-corrected chi connectivity index (χ0v) is 31.9. The van der Waals surface area contributed by atoms with E-state index in [1.807, 2.05) is 23.6 Å². The number of carbonyl (C=O) groups excluding carboxylic acids is 3. The van der Waals surface area contributed by atoms with Crippen LogP contribution in [0, 0.1) is 5.92 Å². The Hall–Kier alpha value is -3.95. The SMILES string of the molecule is COc1ccc2c(O[C@H]3C[C@H]4C(=O)N(C)CCCCC=C[C@@H]5C[C@@]5(C(=O)NS(=O)(=O)C5CC5)NC(=O)N4C3)cc(-c3nc(C(C)C)cs3)nc2c1Cl. The van der Waals surface area contributed by atoms with Gasteiger partial charge < -0.3 is 24.6 Å². The lowest BCUT2D eigenvalue weighted by Gasteiger charge is -2.30. The minimum atomic E-state index is -3.85. The first-order chi connectivity index (χ1) is 24.8. The lowest BCUT2D eigenvalue weighted by Crippen LogP contribution is -2.57. The number of thiazole rings is 1. The lowest BCUT2D eigenvalue weighted by molar-refractivity contribution is -0.134. The summed E-state index contributed by atoms with van der Waals surface area (Å²) in [4.78, 5) is 54.5. The molecule has 2 aromatic heterocycles. The molecular formula is C36H43ClN6O7S2. The van der Waals surface area contributed by atoms with Gasteiger partial charge in [0.15, 0.2) is 0 Å². The summed E-state index contributed by atoms with van der Waals surface area (Å²) >= 11 is 8.25. The number of hydrogen-bond donors (Lipinski definition) is 2. The van der Waals surface area contributed by atoms with Gasteiger partial charge >= 0.3 is 6.03 Å². The Morgan fingerprint density at radius 1 is 1.17 bits per heavy atom. The molecule has 4 aliphatic rings. The molecule has 278 valence electrons. The second-order valence-electron chi connectivity index (χ2n) is 14.4. The number of ether oxygens (including phenoxy) is 2. The molecule has 2 aliphatic heterocycles. The minimum Gasteiger partial charge on any atom is -0.495 e. The van der Waals surface area contributed by atoms with Gasteiger partial charge in [-0.1, -0.05) is 37.6 Å². The summed E-state index contributed by atoms with van der Waals surface area (Å²) in [5.74, 6) is -0.256. The highest BCUT2D eigenvalue weighted by atomic mass is 35.5. The van der Waals surface area contributed by atoms with Crippen LogP contribution in [0.1, 0.15) is 70.4 Å². The Balaban J connectivity index is 1.21. The fraction of sp³-hybridized carbons (Fsp3) is 0.528. The summed E-state index contributed by atoms with van der Waals surface area (Å²) < 4.78 is 39.9. The summed E-state index contributed by atoms with van der Waals surface area (Å²) in [5.41, 5.74) is 0.501. The van der Waals surface area contributed by atoms with E-state index < -0.39 is 44.9 Å². The van der Waals surface area contributed by atoms with E-state index in [1.54, 1.807) is 24.1 Å². The van der Waals surface area contributed by atoms with Crippen LogP contribution < -0.4 is 19.5 Å². The van der Waals surface area contributed by atoms with Gasteiger partial charge in [-0.25, -0.2) is 23.2 Å². The minimum absolute atomic E-state index is 0.0342. The van der Waals surface area contributed by atoms with Crippen LogP contribution >= 0.6 is 22.9 Å². The molecule has 1 aromatic carbocycles. The van der Waals surface area contributed by atoms with Gasteiger partial charge in [0, 0.05) is 42.8 Å². The van der Waals surface area contributed by atoms with Crippen LogP contribution in [0.3, 0.4) is 0 Å². The number of nitrogens with one attached hydrogen (secondary N) is 2. The topological polar surface area (TPSA) is 160 Å². The van der Waals surface area contributed by atoms with E-state index in [0.717, 1.165) is 25.0 Å². The number of nitrogens with zero attached hydrogens (tertiary/aromatic N) is 4. The van der Waals surface area contributed by atoms with Crippen molar-refractivity contribution < 1.29 is 32.3 Å². The summed E-state index contributed by atoms with van der Waals surface area (Å²) in [5, 5.41) is 5.89. The largest absolute Gasteiger partial charge is 0.495 e. The number of pyridine rings is 1. The van der Waals surface area contributed by atoms with Crippen molar-refractivity contribution in [2.45, 2.75) is 87.6 Å². The first-order valence-electron chi connectivity index (χ1n) is 17.7. The zero-order chi connectivity index (χ0) is 36.9. The molecule has 4 amide bonds. The molecule has 0 unspecified atom stereocenters. The smallest absolute Gasteiger partial charge is 0.319 e. The maximum Gasteiger partial charge on any atom is 0.319 e. The zero-order valence-electron chi connectivity index (χ0n) is 29.6. The second kappa shape index (κ2) is 14.1. The lowest BCUT2D eigenvalue weighted by atomic mass is 10.1. The number of rotatable bonds is 8. The molecule has 2 saturated carbocycles. The van der Waals surface area contributed by atoms with Gasteiger partial charge in [0.2, 0.25) is 15.9 Å². The molecule has 3 aromatic rings. The van der Waals surface area contributed by atoms with Gasteiger partial charge in [0.05, 0.1) is 30.1 Å². The Labute approximate surface area is 312 Å². The third-order valence-corrected chi connectivity index (χ3v) is 13.4. The van der Waals surface area contributed by atoms with Gasteiger partial charge in [0.25, 0.3) is 5.91 Å². The van der Waals surface area contributed by atoms with Crippen molar-refractivity contribution in [1.82, 2.24) is 29.8 Å². The highest BCUT2D eigenvalue weighted by molar-refractivity contribution is 7.91. The predicted molar refractivity (Wildman–Crippen MR) is 198 cm³/mol. The van der Waals surface area contributed by atoms with Crippen LogP contribution in [-0.4, -0.2) is 96.2 Å². The van der Waals surface area contributed by atoms with E-state index in [2.05, 4.69) is 23.9 Å². The number of halogens is 1. The Morgan fingerprint density at radius 2 is 1.96 bits per heavy atom. The summed E-state index contributed by atoms with van der Waals surface area (Å²) in [6.45, 7) is 4.69. The van der Waals surface area contributed by atoms with E-state index in [0.29, 0.717) is 57.5 Å². The van der Waals surface area contributed by atoms with Crippen molar-refractivity contribution in [3.05, 3.63) is 46.4 Å². The number of sulfonamides is 1. The first kappa shape index (κ1) is 36.4. The van der Waals surface area contributed by atoms with Crippen molar-refractivity contribution in [2.75, 3.05) is 27.2 Å². The number of carbonyl (C=O) groups is 3. The molecule has 4 heterocycles. The number of aromatic nitrogens is 2. The molecule has 0 bridgehead atoms. The molecular weight excluding hydrogens is 728 g/mol. The van der Waals surface area contributed by atoms with Crippen molar-refractivity contribution >= 4 is 61.7 Å². The quantitative estimate of drug-likeness (QED) is 0.292. The number of hydrogen-bond acceptors (Lipinski definition) is 10. The number of likely N-dealkylation sites (N-methyl/N-ethyl adjacent to an activating group) is 1. The average Bonchev–Trinajstić information content (AvgIpc) is 3.98. The molecule has 0 spiro atoms. The molecule has 52 heavy (non-hydrogen) atoms. The molecule has 16 heteroatoms. The molecule has 7 rings (SSSR count). The maximum atomic E-state index is 14.2. The second-order valence-corrected chi connectivity index (χ2v) is 17.6. The van der Waals surface area contributed by atoms with Crippen molar-refractivity contribution in [3.63, 3.8) is 0 Å². The fourth-order valence-electron chi connectivity index (χ4n) is 6.93. The molecule has 3 fully saturated rings. The maximum absolute atomic E-state index is 14.2. The van der Waals surface area contributed by atoms with E-state index in [1.165, 1.54) is 23.3 Å². The highest BCUT2D eigenvalue weighted by Crippen LogP contribution is 2.46. The van der Waals surface area contributed by atoms with Crippen LogP contribution in [0.15, 0.2) is 35.7 Å². The van der Waals surface area contributed by atoms with Gasteiger partial charge in [0.1, 0.15) is 44.9 Å². The summed E-state index contributed by atoms with van der Waals surface area (Å²) in [6.07, 6.45) is 6.96. The average molecular weight is 771 g/mol. The molecule has 1 saturated heterocycles. The van der Waals surface area contributed by atoms with Gasteiger partial charge in [-0.05, 0) is 56.6 Å². The van der Waals surface area contributed by atoms with Crippen LogP contribution in [0.2, 0.25) is 5.02 Å². The third-order valence-electron chi connectivity index (χ3n) is 10.3. The number of methoxy groups -OCH3 is 1. The monoisotopic (exact) mass is 770 g/mol. The predicted octanol–water partition coefficient (Wildman–Crippen LogP) is 5.24. The van der Waals surface area contributed by atoms with Crippen LogP contribution in [-0.2, 0) is 19.6 Å². The number of amides is 4. The highest BCUT2D eigenvalue weighted by Gasteiger charge is 2.62. The van der Waals surface area contributed by atoms with Crippen molar-refractivity contribution in [1.29, 1.82) is 0 Å². The molecule has 0 radical (unpaired) electrons. The Kier molecular flexibility index (Phi) is 9.89. The normalized spacial score (nSPS) is 25.4. The summed E-state index contributed by atoms with van der Waals surface area (Å²) in [7, 11) is -0.599. The van der Waals surface area contributed by atoms with Crippen LogP contribution in [0.25, 0.3) is 21.6 Å². The van der Waals surface area contributed by atoms with E-state index in [-0.39, 0.29) is 37.1 Å². The molecule has 2 N–H and O–H groups in total. The third kappa shape index (κ3) is 7.06. The van der Waals surface area contributed by atoms with Gasteiger partial charge in [-0.3, -0.25) is 14.3 Å². The first-order valence-corrected chi connectivity index (χ1v) is 20.5. The number of allylic oxidation sites excluding steroid dienone is 1. The van der Waals surface area contributed by atoms with Crippen LogP contribution in [0.5, 0.6) is 11.5 Å². The molecule has 4 atom stereocenters. The van der Waals surface area contributed by atoms with Gasteiger partial charge in [-0.15, -0.1) is 11.3 Å². The Morgan fingerprint density at radius 3 is 2.67 bits per heavy atom. The number of benzene rings is 1. The summed E-state index contributed by atoms with van der Waals surface area (Å²) in [6, 6.07) is 3.82. The Bertz CT molecular complexity index is 2050. The van der Waals surface area contributed by atoms with E-state index >= 15 is 0 Å². The van der Waals surface area contributed by atoms with E-state index in [4.69, 9.17) is 31.0 Å². The number of fused-ring (bicyclic) bond motifs is 3.